The second-order valence-corrected chi connectivity index (χ2v) is 9.78. The van der Waals surface area contributed by atoms with Crippen molar-refractivity contribution in [2.45, 2.75) is 38.7 Å². The van der Waals surface area contributed by atoms with Gasteiger partial charge in [0.05, 0.1) is 16.8 Å². The van der Waals surface area contributed by atoms with Crippen LogP contribution in [0.3, 0.4) is 0 Å². The molecule has 3 rings (SSSR count). The van der Waals surface area contributed by atoms with Crippen molar-refractivity contribution in [2.24, 2.45) is 0 Å². The van der Waals surface area contributed by atoms with Gasteiger partial charge in [-0.15, -0.1) is 0 Å². The Bertz CT molecular complexity index is 1260. The second-order valence-electron chi connectivity index (χ2n) is 7.72. The summed E-state index contributed by atoms with van der Waals surface area (Å²) in [6.07, 6.45) is -0.00507. The van der Waals surface area contributed by atoms with Crippen LogP contribution in [0.5, 0.6) is 5.75 Å². The van der Waals surface area contributed by atoms with Crippen LogP contribution in [0.25, 0.3) is 0 Å². The summed E-state index contributed by atoms with van der Waals surface area (Å²) < 4.78 is 34.3. The summed E-state index contributed by atoms with van der Waals surface area (Å²) in [7, 11) is -4.01. The third kappa shape index (κ3) is 5.81. The number of anilines is 2. The van der Waals surface area contributed by atoms with Crippen molar-refractivity contribution >= 4 is 38.9 Å². The lowest BCUT2D eigenvalue weighted by molar-refractivity contribution is 0.102. The molecule has 6 nitrogen and oxygen atoms in total. The summed E-state index contributed by atoms with van der Waals surface area (Å²) in [5.74, 6) is 0.154. The number of carbonyl (C=O) groups is 1. The number of carbonyl (C=O) groups excluding carboxylic acids is 1. The minimum absolute atomic E-state index is 0.00507. The van der Waals surface area contributed by atoms with Gasteiger partial charge < -0.3 is 10.1 Å². The number of amides is 1. The fraction of sp³-hybridized carbons (Fsp3) is 0.208. The molecule has 0 heterocycles. The summed E-state index contributed by atoms with van der Waals surface area (Å²) in [6, 6.07) is 16.6. The minimum Gasteiger partial charge on any atom is -0.491 e. The van der Waals surface area contributed by atoms with E-state index in [2.05, 4.69) is 10.0 Å². The molecule has 0 radical (unpaired) electrons. The van der Waals surface area contributed by atoms with E-state index in [0.717, 1.165) is 11.1 Å². The third-order valence-electron chi connectivity index (χ3n) is 4.58. The van der Waals surface area contributed by atoms with Gasteiger partial charge in [0, 0.05) is 17.3 Å². The molecule has 8 heteroatoms. The molecule has 3 aromatic rings. The van der Waals surface area contributed by atoms with Gasteiger partial charge in [0.2, 0.25) is 0 Å². The van der Waals surface area contributed by atoms with E-state index in [1.54, 1.807) is 37.3 Å². The second kappa shape index (κ2) is 9.63. The molecule has 32 heavy (non-hydrogen) atoms. The molecule has 0 saturated carbocycles. The molecule has 0 aliphatic rings. The first-order valence-corrected chi connectivity index (χ1v) is 11.9. The Morgan fingerprint density at radius 2 is 1.75 bits per heavy atom. The Morgan fingerprint density at radius 1 is 1.00 bits per heavy atom. The quantitative estimate of drug-likeness (QED) is 0.455. The zero-order chi connectivity index (χ0) is 23.5. The molecule has 3 aromatic carbocycles. The van der Waals surface area contributed by atoms with E-state index in [0.29, 0.717) is 17.1 Å². The number of benzene rings is 3. The van der Waals surface area contributed by atoms with Gasteiger partial charge in [-0.05, 0) is 75.2 Å². The molecule has 0 atom stereocenters. The van der Waals surface area contributed by atoms with Crippen LogP contribution in [0, 0.1) is 13.8 Å². The predicted molar refractivity (Wildman–Crippen MR) is 128 cm³/mol. The fourth-order valence-electron chi connectivity index (χ4n) is 3.02. The number of hydrogen-bond acceptors (Lipinski definition) is 4. The number of ether oxygens (including phenoxy) is 1. The maximum absolute atomic E-state index is 13.0. The first-order valence-electron chi connectivity index (χ1n) is 10.0. The topological polar surface area (TPSA) is 84.5 Å². The highest BCUT2D eigenvalue weighted by atomic mass is 35.5. The van der Waals surface area contributed by atoms with Gasteiger partial charge in [0.15, 0.2) is 0 Å². The van der Waals surface area contributed by atoms with Gasteiger partial charge >= 0.3 is 0 Å². The molecule has 0 saturated heterocycles. The largest absolute Gasteiger partial charge is 0.491 e. The van der Waals surface area contributed by atoms with E-state index in [1.165, 1.54) is 18.2 Å². The zero-order valence-corrected chi connectivity index (χ0v) is 19.8. The Morgan fingerprint density at radius 3 is 2.47 bits per heavy atom. The first-order chi connectivity index (χ1) is 15.0. The molecule has 0 fully saturated rings. The molecule has 0 bridgehead atoms. The van der Waals surface area contributed by atoms with E-state index < -0.39 is 15.9 Å². The summed E-state index contributed by atoms with van der Waals surface area (Å²) >= 11 is 6.18. The van der Waals surface area contributed by atoms with Crippen LogP contribution >= 0.6 is 11.6 Å². The van der Waals surface area contributed by atoms with Gasteiger partial charge in [-0.3, -0.25) is 9.52 Å². The molecule has 0 aromatic heterocycles. The lowest BCUT2D eigenvalue weighted by atomic mass is 10.1. The number of halogens is 1. The van der Waals surface area contributed by atoms with Crippen molar-refractivity contribution in [3.8, 4) is 5.75 Å². The minimum atomic E-state index is -4.01. The number of rotatable bonds is 7. The van der Waals surface area contributed by atoms with Crippen molar-refractivity contribution in [1.29, 1.82) is 0 Å². The molecule has 0 unspecified atom stereocenters. The predicted octanol–water partition coefficient (Wildman–Crippen LogP) is 5.80. The van der Waals surface area contributed by atoms with Crippen molar-refractivity contribution in [3.63, 3.8) is 0 Å². The molecule has 0 aliphatic carbocycles. The summed E-state index contributed by atoms with van der Waals surface area (Å²) in [6.45, 7) is 7.50. The highest BCUT2D eigenvalue weighted by Gasteiger charge is 2.21. The zero-order valence-electron chi connectivity index (χ0n) is 18.3. The summed E-state index contributed by atoms with van der Waals surface area (Å²) in [4.78, 5) is 12.6. The van der Waals surface area contributed by atoms with E-state index in [4.69, 9.17) is 16.3 Å². The standard InChI is InChI=1S/C24H25ClN2O4S/c1-15(2)31-20-7-5-6-19(14-20)26-24(28)18-10-11-21(25)23(13-18)32(29,30)27-22-12-16(3)8-9-17(22)4/h5-15,27H,1-4H3,(H,26,28). The lowest BCUT2D eigenvalue weighted by Crippen LogP contribution is -2.17. The molecular weight excluding hydrogens is 448 g/mol. The Balaban J connectivity index is 1.86. The van der Waals surface area contributed by atoms with Gasteiger partial charge in [-0.1, -0.05) is 29.8 Å². The van der Waals surface area contributed by atoms with Crippen LogP contribution < -0.4 is 14.8 Å². The molecule has 168 valence electrons. The summed E-state index contributed by atoms with van der Waals surface area (Å²) in [5.41, 5.74) is 2.83. The average Bonchev–Trinajstić information content (AvgIpc) is 2.70. The van der Waals surface area contributed by atoms with Gasteiger partial charge in [-0.2, -0.15) is 0 Å². The van der Waals surface area contributed by atoms with Crippen molar-refractivity contribution < 1.29 is 17.9 Å². The van der Waals surface area contributed by atoms with Crippen LogP contribution in [0.15, 0.2) is 65.6 Å². The normalized spacial score (nSPS) is 11.3. The molecule has 2 N–H and O–H groups in total. The SMILES string of the molecule is Cc1ccc(C)c(NS(=O)(=O)c2cc(C(=O)Nc3cccc(OC(C)C)c3)ccc2Cl)c1. The lowest BCUT2D eigenvalue weighted by Gasteiger charge is -2.14. The number of sulfonamides is 1. The number of aryl methyl sites for hydroxylation is 2. The number of hydrogen-bond donors (Lipinski definition) is 2. The smallest absolute Gasteiger partial charge is 0.263 e. The summed E-state index contributed by atoms with van der Waals surface area (Å²) in [5, 5.41) is 2.78. The highest BCUT2D eigenvalue weighted by Crippen LogP contribution is 2.27. The van der Waals surface area contributed by atoms with Crippen LogP contribution in [-0.2, 0) is 10.0 Å². The fourth-order valence-corrected chi connectivity index (χ4v) is 4.67. The highest BCUT2D eigenvalue weighted by molar-refractivity contribution is 7.92. The van der Waals surface area contributed by atoms with E-state index >= 15 is 0 Å². The van der Waals surface area contributed by atoms with Gasteiger partial charge in [0.1, 0.15) is 10.6 Å². The molecule has 0 spiro atoms. The molecule has 1 amide bonds. The maximum Gasteiger partial charge on any atom is 0.263 e. The maximum atomic E-state index is 13.0. The van der Waals surface area contributed by atoms with Crippen LogP contribution in [0.4, 0.5) is 11.4 Å². The van der Waals surface area contributed by atoms with Crippen molar-refractivity contribution in [1.82, 2.24) is 0 Å². The van der Waals surface area contributed by atoms with Gasteiger partial charge in [-0.25, -0.2) is 8.42 Å². The van der Waals surface area contributed by atoms with Gasteiger partial charge in [0.25, 0.3) is 15.9 Å². The number of nitrogens with one attached hydrogen (secondary N) is 2. The van der Waals surface area contributed by atoms with Crippen LogP contribution in [0.1, 0.15) is 35.3 Å². The van der Waals surface area contributed by atoms with E-state index in [1.807, 2.05) is 32.9 Å². The third-order valence-corrected chi connectivity index (χ3v) is 6.43. The van der Waals surface area contributed by atoms with Crippen LogP contribution in [0.2, 0.25) is 5.02 Å². The average molecular weight is 473 g/mol. The van der Waals surface area contributed by atoms with Crippen LogP contribution in [-0.4, -0.2) is 20.4 Å². The first kappa shape index (κ1) is 23.6. The van der Waals surface area contributed by atoms with Crippen molar-refractivity contribution in [2.75, 3.05) is 10.0 Å². The van der Waals surface area contributed by atoms with E-state index in [-0.39, 0.29) is 21.6 Å². The Kier molecular flexibility index (Phi) is 7.11. The van der Waals surface area contributed by atoms with Crippen molar-refractivity contribution in [3.05, 3.63) is 82.4 Å². The molecular formula is C24H25ClN2O4S. The Hall–Kier alpha value is -3.03. The molecule has 0 aliphatic heterocycles. The Labute approximate surface area is 193 Å². The monoisotopic (exact) mass is 472 g/mol. The van der Waals surface area contributed by atoms with E-state index in [9.17, 15) is 13.2 Å².